The van der Waals surface area contributed by atoms with Gasteiger partial charge in [-0.1, -0.05) is 62.2 Å². The Kier molecular flexibility index (Phi) is 8.25. The lowest BCUT2D eigenvalue weighted by Gasteiger charge is -2.35. The van der Waals surface area contributed by atoms with E-state index in [4.69, 9.17) is 0 Å². The highest BCUT2D eigenvalue weighted by atomic mass is 16.1. The minimum atomic E-state index is -0.0809. The summed E-state index contributed by atoms with van der Waals surface area (Å²) >= 11 is 0. The number of carbonyl (C=O) groups is 1. The third-order valence-electron chi connectivity index (χ3n) is 5.26. The number of carbonyl (C=O) groups excluding carboxylic acids is 1. The molecule has 0 atom stereocenters. The Bertz CT molecular complexity index is 765. The number of hydrogen-bond donors (Lipinski definition) is 1. The van der Waals surface area contributed by atoms with Gasteiger partial charge in [-0.3, -0.25) is 9.69 Å². The molecule has 0 radical (unpaired) electrons. The van der Waals surface area contributed by atoms with Crippen molar-refractivity contribution in [2.75, 3.05) is 44.2 Å². The second-order valence-corrected chi connectivity index (χ2v) is 7.47. The Morgan fingerprint density at radius 1 is 1.07 bits per heavy atom. The van der Waals surface area contributed by atoms with Crippen molar-refractivity contribution in [1.82, 2.24) is 15.2 Å². The highest BCUT2D eigenvalue weighted by Gasteiger charge is 2.17. The molecule has 1 aliphatic rings. The number of anilines is 1. The molecule has 1 fully saturated rings. The van der Waals surface area contributed by atoms with Crippen molar-refractivity contribution in [3.63, 3.8) is 0 Å². The van der Waals surface area contributed by atoms with Crippen LogP contribution in [0, 0.1) is 0 Å². The van der Waals surface area contributed by atoms with E-state index in [-0.39, 0.29) is 5.91 Å². The predicted molar refractivity (Wildman–Crippen MR) is 120 cm³/mol. The molecule has 0 bridgehead atoms. The molecule has 0 aliphatic carbocycles. The molecular weight excluding hydrogens is 360 g/mol. The van der Waals surface area contributed by atoms with Gasteiger partial charge in [0.05, 0.1) is 11.9 Å². The molecule has 2 aromatic rings. The van der Waals surface area contributed by atoms with E-state index in [1.165, 1.54) is 5.56 Å². The third-order valence-corrected chi connectivity index (χ3v) is 5.26. The van der Waals surface area contributed by atoms with Crippen molar-refractivity contribution in [1.29, 1.82) is 0 Å². The van der Waals surface area contributed by atoms with Crippen LogP contribution in [0.5, 0.6) is 0 Å². The maximum Gasteiger partial charge on any atom is 0.269 e. The number of unbranched alkanes of at least 4 members (excludes halogenated alkanes) is 2. The van der Waals surface area contributed by atoms with Crippen molar-refractivity contribution in [2.45, 2.75) is 26.2 Å². The van der Waals surface area contributed by atoms with Crippen LogP contribution in [-0.2, 0) is 0 Å². The molecule has 1 amide bonds. The highest BCUT2D eigenvalue weighted by Crippen LogP contribution is 2.16. The Labute approximate surface area is 174 Å². The van der Waals surface area contributed by atoms with Gasteiger partial charge in [-0.05, 0) is 24.1 Å². The number of hydrogen-bond acceptors (Lipinski definition) is 4. The standard InChI is InChI=1S/C24H32N4O/c1-2-3-7-14-25-24(29)23-13-12-22(20-26-23)28-18-16-27(17-19-28)15-8-11-21-9-5-4-6-10-21/h4-6,8-13,20H,2-3,7,14-19H2,1H3,(H,25,29)/b11-8+. The minimum Gasteiger partial charge on any atom is -0.368 e. The van der Waals surface area contributed by atoms with Crippen LogP contribution in [-0.4, -0.2) is 55.1 Å². The summed E-state index contributed by atoms with van der Waals surface area (Å²) in [5.41, 5.74) is 2.83. The van der Waals surface area contributed by atoms with Crippen molar-refractivity contribution in [3.8, 4) is 0 Å². The molecular formula is C24H32N4O. The van der Waals surface area contributed by atoms with Crippen molar-refractivity contribution in [2.24, 2.45) is 0 Å². The van der Waals surface area contributed by atoms with E-state index < -0.39 is 0 Å². The molecule has 1 aromatic heterocycles. The number of amides is 1. The van der Waals surface area contributed by atoms with Crippen LogP contribution in [0.15, 0.2) is 54.7 Å². The first-order chi connectivity index (χ1) is 14.3. The molecule has 0 saturated carbocycles. The normalized spacial score (nSPS) is 15.0. The molecule has 0 spiro atoms. The summed E-state index contributed by atoms with van der Waals surface area (Å²) in [6.45, 7) is 7.85. The number of pyridine rings is 1. The molecule has 29 heavy (non-hydrogen) atoms. The quantitative estimate of drug-likeness (QED) is 0.659. The number of piperazine rings is 1. The van der Waals surface area contributed by atoms with Gasteiger partial charge in [0.2, 0.25) is 0 Å². The van der Waals surface area contributed by atoms with Gasteiger partial charge < -0.3 is 10.2 Å². The van der Waals surface area contributed by atoms with Crippen LogP contribution < -0.4 is 10.2 Å². The van der Waals surface area contributed by atoms with Gasteiger partial charge in [0.25, 0.3) is 5.91 Å². The average Bonchev–Trinajstić information content (AvgIpc) is 2.78. The fourth-order valence-electron chi connectivity index (χ4n) is 3.47. The highest BCUT2D eigenvalue weighted by molar-refractivity contribution is 5.92. The topological polar surface area (TPSA) is 48.5 Å². The molecule has 3 rings (SSSR count). The summed E-state index contributed by atoms with van der Waals surface area (Å²) in [4.78, 5) is 21.3. The van der Waals surface area contributed by atoms with Crippen molar-refractivity contribution >= 4 is 17.7 Å². The predicted octanol–water partition coefficient (Wildman–Crippen LogP) is 3.84. The van der Waals surface area contributed by atoms with E-state index in [9.17, 15) is 4.79 Å². The molecule has 0 unspecified atom stereocenters. The Hall–Kier alpha value is -2.66. The number of rotatable bonds is 9. The van der Waals surface area contributed by atoms with Gasteiger partial charge in [-0.25, -0.2) is 4.98 Å². The number of benzene rings is 1. The molecule has 5 nitrogen and oxygen atoms in total. The van der Waals surface area contributed by atoms with Crippen molar-refractivity contribution in [3.05, 3.63) is 66.0 Å². The number of nitrogens with zero attached hydrogens (tertiary/aromatic N) is 3. The van der Waals surface area contributed by atoms with Crippen LogP contribution in [0.25, 0.3) is 6.08 Å². The molecule has 5 heteroatoms. The van der Waals surface area contributed by atoms with Gasteiger partial charge >= 0.3 is 0 Å². The number of aromatic nitrogens is 1. The van der Waals surface area contributed by atoms with Crippen LogP contribution in [0.2, 0.25) is 0 Å². The molecule has 1 saturated heterocycles. The second-order valence-electron chi connectivity index (χ2n) is 7.47. The maximum absolute atomic E-state index is 12.1. The fourth-order valence-corrected chi connectivity index (χ4v) is 3.47. The minimum absolute atomic E-state index is 0.0809. The maximum atomic E-state index is 12.1. The molecule has 1 aromatic carbocycles. The lowest BCUT2D eigenvalue weighted by atomic mass is 10.2. The van der Waals surface area contributed by atoms with E-state index in [1.54, 1.807) is 0 Å². The van der Waals surface area contributed by atoms with E-state index in [2.05, 4.69) is 63.4 Å². The van der Waals surface area contributed by atoms with Crippen LogP contribution in [0.3, 0.4) is 0 Å². The Balaban J connectivity index is 1.42. The Morgan fingerprint density at radius 2 is 1.86 bits per heavy atom. The molecule has 1 aliphatic heterocycles. The largest absolute Gasteiger partial charge is 0.368 e. The smallest absolute Gasteiger partial charge is 0.269 e. The summed E-state index contributed by atoms with van der Waals surface area (Å²) in [7, 11) is 0. The lowest BCUT2D eigenvalue weighted by Crippen LogP contribution is -2.46. The zero-order valence-corrected chi connectivity index (χ0v) is 17.4. The number of nitrogens with one attached hydrogen (secondary N) is 1. The molecule has 2 heterocycles. The third kappa shape index (κ3) is 6.71. The summed E-state index contributed by atoms with van der Waals surface area (Å²) in [6, 6.07) is 14.3. The lowest BCUT2D eigenvalue weighted by molar-refractivity contribution is 0.0948. The van der Waals surface area contributed by atoms with Gasteiger partial charge in [0, 0.05) is 39.3 Å². The molecule has 1 N–H and O–H groups in total. The van der Waals surface area contributed by atoms with Gasteiger partial charge in [0.1, 0.15) is 5.69 Å². The van der Waals surface area contributed by atoms with Gasteiger partial charge in [0.15, 0.2) is 0 Å². The van der Waals surface area contributed by atoms with E-state index in [1.807, 2.05) is 24.4 Å². The Morgan fingerprint density at radius 3 is 2.55 bits per heavy atom. The van der Waals surface area contributed by atoms with E-state index in [0.29, 0.717) is 5.69 Å². The fraction of sp³-hybridized carbons (Fsp3) is 0.417. The zero-order chi connectivity index (χ0) is 20.3. The van der Waals surface area contributed by atoms with Crippen LogP contribution in [0.4, 0.5) is 5.69 Å². The van der Waals surface area contributed by atoms with E-state index in [0.717, 1.165) is 64.2 Å². The zero-order valence-electron chi connectivity index (χ0n) is 17.4. The molecule has 154 valence electrons. The van der Waals surface area contributed by atoms with Crippen molar-refractivity contribution < 1.29 is 4.79 Å². The van der Waals surface area contributed by atoms with Crippen LogP contribution in [0.1, 0.15) is 42.2 Å². The SMILES string of the molecule is CCCCCNC(=O)c1ccc(N2CCN(C/C=C/c3ccccc3)CC2)cn1. The monoisotopic (exact) mass is 392 g/mol. The first-order valence-corrected chi connectivity index (χ1v) is 10.7. The summed E-state index contributed by atoms with van der Waals surface area (Å²) in [6.07, 6.45) is 9.56. The first-order valence-electron chi connectivity index (χ1n) is 10.7. The van der Waals surface area contributed by atoms with Gasteiger partial charge in [-0.2, -0.15) is 0 Å². The van der Waals surface area contributed by atoms with Crippen LogP contribution >= 0.6 is 0 Å². The summed E-state index contributed by atoms with van der Waals surface area (Å²) in [5, 5.41) is 2.94. The van der Waals surface area contributed by atoms with E-state index >= 15 is 0 Å². The average molecular weight is 393 g/mol. The van der Waals surface area contributed by atoms with Gasteiger partial charge in [-0.15, -0.1) is 0 Å². The summed E-state index contributed by atoms with van der Waals surface area (Å²) in [5.74, 6) is -0.0809. The summed E-state index contributed by atoms with van der Waals surface area (Å²) < 4.78 is 0. The first kappa shape index (κ1) is 21.1. The second kappa shape index (κ2) is 11.4.